The summed E-state index contributed by atoms with van der Waals surface area (Å²) in [4.78, 5) is 12.5. The van der Waals surface area contributed by atoms with Crippen LogP contribution in [0.25, 0.3) is 0 Å². The summed E-state index contributed by atoms with van der Waals surface area (Å²) in [6.07, 6.45) is 3.13. The number of carbonyl (C=O) groups excluding carboxylic acids is 1. The third-order valence-electron chi connectivity index (χ3n) is 4.32. The van der Waals surface area contributed by atoms with Gasteiger partial charge in [0.2, 0.25) is 0 Å². The van der Waals surface area contributed by atoms with Crippen molar-refractivity contribution in [3.63, 3.8) is 0 Å². The Morgan fingerprint density at radius 3 is 2.66 bits per heavy atom. The number of ether oxygens (including phenoxy) is 1. The second-order valence-electron chi connectivity index (χ2n) is 6.67. The zero-order chi connectivity index (χ0) is 22.7. The summed E-state index contributed by atoms with van der Waals surface area (Å²) in [5, 5.41) is 11.9. The van der Waals surface area contributed by atoms with Gasteiger partial charge < -0.3 is 10.1 Å². The number of amides is 1. The molecule has 32 heavy (non-hydrogen) atoms. The lowest BCUT2D eigenvalue weighted by atomic mass is 10.2. The Morgan fingerprint density at radius 1 is 1.03 bits per heavy atom. The molecule has 4 rings (SSSR count). The lowest BCUT2D eigenvalue weighted by Crippen LogP contribution is -2.15. The lowest BCUT2D eigenvalue weighted by molar-refractivity contribution is 0.101. The van der Waals surface area contributed by atoms with Gasteiger partial charge in [-0.2, -0.15) is 10.2 Å². The largest absolute Gasteiger partial charge is 0.470 e. The highest BCUT2D eigenvalue weighted by atomic mass is 35.5. The Hall–Kier alpha value is -3.07. The van der Waals surface area contributed by atoms with Crippen LogP contribution in [0.1, 0.15) is 16.1 Å². The summed E-state index contributed by atoms with van der Waals surface area (Å²) in [7, 11) is 0. The molecule has 0 unspecified atom stereocenters. The molecule has 0 aliphatic carbocycles. The molecule has 0 saturated heterocycles. The molecule has 1 amide bonds. The zero-order valence-electron chi connectivity index (χ0n) is 16.3. The van der Waals surface area contributed by atoms with Gasteiger partial charge in [-0.15, -0.1) is 0 Å². The molecular weight excluding hydrogens is 480 g/mol. The molecular formula is C21H15Cl3FN5O2. The minimum absolute atomic E-state index is 0.0242. The van der Waals surface area contributed by atoms with Crippen molar-refractivity contribution in [1.29, 1.82) is 0 Å². The summed E-state index contributed by atoms with van der Waals surface area (Å²) < 4.78 is 21.9. The van der Waals surface area contributed by atoms with Gasteiger partial charge in [-0.25, -0.2) is 9.07 Å². The SMILES string of the molecule is O=C(Nc1nn(Cc2cccc(F)c2)cc1Cl)c1ccn(COc2cccc(Cl)c2Cl)n1. The van der Waals surface area contributed by atoms with E-state index in [4.69, 9.17) is 39.5 Å². The van der Waals surface area contributed by atoms with Crippen molar-refractivity contribution in [3.8, 4) is 5.75 Å². The smallest absolute Gasteiger partial charge is 0.277 e. The third-order valence-corrected chi connectivity index (χ3v) is 5.40. The standard InChI is InChI=1S/C21H15Cl3FN5O2/c22-15-5-2-6-18(19(15)24)32-12-29-8-7-17(27-29)21(31)26-20-16(23)11-30(28-20)10-13-3-1-4-14(25)9-13/h1-9,11H,10,12H2,(H,26,28,31). The number of halogens is 4. The summed E-state index contributed by atoms with van der Waals surface area (Å²) >= 11 is 18.2. The molecule has 0 spiro atoms. The van der Waals surface area contributed by atoms with Gasteiger partial charge in [-0.3, -0.25) is 9.48 Å². The summed E-state index contributed by atoms with van der Waals surface area (Å²) in [5.41, 5.74) is 0.849. The van der Waals surface area contributed by atoms with Crippen LogP contribution in [0.3, 0.4) is 0 Å². The highest BCUT2D eigenvalue weighted by Gasteiger charge is 2.15. The van der Waals surface area contributed by atoms with Crippen LogP contribution in [0, 0.1) is 5.82 Å². The van der Waals surface area contributed by atoms with Gasteiger partial charge in [0.25, 0.3) is 5.91 Å². The van der Waals surface area contributed by atoms with Crippen LogP contribution < -0.4 is 10.1 Å². The quantitative estimate of drug-likeness (QED) is 0.367. The van der Waals surface area contributed by atoms with Crippen LogP contribution in [0.5, 0.6) is 5.75 Å². The number of hydrogen-bond donors (Lipinski definition) is 1. The zero-order valence-corrected chi connectivity index (χ0v) is 18.6. The molecule has 2 aromatic heterocycles. The van der Waals surface area contributed by atoms with Gasteiger partial charge in [0.15, 0.2) is 18.2 Å². The van der Waals surface area contributed by atoms with E-state index in [1.165, 1.54) is 27.6 Å². The number of aromatic nitrogens is 4. The number of nitrogens with zero attached hydrogens (tertiary/aromatic N) is 4. The topological polar surface area (TPSA) is 74.0 Å². The number of hydrogen-bond acceptors (Lipinski definition) is 4. The normalized spacial score (nSPS) is 10.9. The minimum atomic E-state index is -0.498. The number of anilines is 1. The van der Waals surface area contributed by atoms with Crippen LogP contribution in [-0.2, 0) is 13.3 Å². The fraction of sp³-hybridized carbons (Fsp3) is 0.0952. The Morgan fingerprint density at radius 2 is 1.84 bits per heavy atom. The first-order valence-corrected chi connectivity index (χ1v) is 10.4. The molecule has 2 heterocycles. The number of benzene rings is 2. The molecule has 0 aliphatic rings. The van der Waals surface area contributed by atoms with Crippen molar-refractivity contribution in [2.45, 2.75) is 13.3 Å². The molecule has 0 radical (unpaired) electrons. The van der Waals surface area contributed by atoms with Gasteiger partial charge in [-0.1, -0.05) is 53.0 Å². The molecule has 0 saturated carbocycles. The summed E-state index contributed by atoms with van der Waals surface area (Å²) in [5.74, 6) is -0.269. The first kappa shape index (κ1) is 22.1. The van der Waals surface area contributed by atoms with Crippen molar-refractivity contribution >= 4 is 46.5 Å². The first-order chi connectivity index (χ1) is 15.4. The fourth-order valence-corrected chi connectivity index (χ4v) is 3.39. The molecule has 164 valence electrons. The van der Waals surface area contributed by atoms with Crippen LogP contribution in [0.2, 0.25) is 15.1 Å². The van der Waals surface area contributed by atoms with Gasteiger partial charge >= 0.3 is 0 Å². The van der Waals surface area contributed by atoms with Crippen molar-refractivity contribution in [1.82, 2.24) is 19.6 Å². The van der Waals surface area contributed by atoms with E-state index >= 15 is 0 Å². The average molecular weight is 495 g/mol. The second-order valence-corrected chi connectivity index (χ2v) is 7.87. The van der Waals surface area contributed by atoms with E-state index in [9.17, 15) is 9.18 Å². The van der Waals surface area contributed by atoms with E-state index in [0.29, 0.717) is 27.9 Å². The third kappa shape index (κ3) is 5.21. The Labute approximate surface area is 197 Å². The van der Waals surface area contributed by atoms with Crippen molar-refractivity contribution in [3.05, 3.63) is 93.1 Å². The second kappa shape index (κ2) is 9.60. The average Bonchev–Trinajstić information content (AvgIpc) is 3.36. The minimum Gasteiger partial charge on any atom is -0.470 e. The summed E-state index contributed by atoms with van der Waals surface area (Å²) in [6.45, 7) is 0.321. The van der Waals surface area contributed by atoms with Crippen molar-refractivity contribution in [2.75, 3.05) is 5.32 Å². The number of rotatable bonds is 7. The monoisotopic (exact) mass is 493 g/mol. The number of carbonyl (C=O) groups is 1. The molecule has 0 fully saturated rings. The van der Waals surface area contributed by atoms with E-state index in [0.717, 1.165) is 0 Å². The van der Waals surface area contributed by atoms with Crippen LogP contribution in [0.15, 0.2) is 60.9 Å². The molecule has 2 aromatic carbocycles. The highest BCUT2D eigenvalue weighted by molar-refractivity contribution is 6.42. The van der Waals surface area contributed by atoms with E-state index in [-0.39, 0.29) is 29.1 Å². The maximum absolute atomic E-state index is 13.4. The molecule has 7 nitrogen and oxygen atoms in total. The molecule has 0 atom stereocenters. The van der Waals surface area contributed by atoms with Crippen molar-refractivity contribution in [2.24, 2.45) is 0 Å². The van der Waals surface area contributed by atoms with Crippen LogP contribution in [-0.4, -0.2) is 25.5 Å². The Balaban J connectivity index is 1.39. The first-order valence-electron chi connectivity index (χ1n) is 9.28. The van der Waals surface area contributed by atoms with Gasteiger partial charge in [0.05, 0.1) is 11.6 Å². The molecule has 11 heteroatoms. The Bertz CT molecular complexity index is 1270. The van der Waals surface area contributed by atoms with Crippen LogP contribution >= 0.6 is 34.8 Å². The predicted molar refractivity (Wildman–Crippen MR) is 120 cm³/mol. The highest BCUT2D eigenvalue weighted by Crippen LogP contribution is 2.31. The van der Waals surface area contributed by atoms with Gasteiger partial charge in [0.1, 0.15) is 21.6 Å². The van der Waals surface area contributed by atoms with Crippen LogP contribution in [0.4, 0.5) is 10.2 Å². The maximum atomic E-state index is 13.4. The number of nitrogens with one attached hydrogen (secondary N) is 1. The fourth-order valence-electron chi connectivity index (χ4n) is 2.84. The van der Waals surface area contributed by atoms with E-state index < -0.39 is 5.91 Å². The molecule has 1 N–H and O–H groups in total. The maximum Gasteiger partial charge on any atom is 0.277 e. The Kier molecular flexibility index (Phi) is 6.64. The summed E-state index contributed by atoms with van der Waals surface area (Å²) in [6, 6.07) is 12.7. The molecule has 0 bridgehead atoms. The van der Waals surface area contributed by atoms with Crippen molar-refractivity contribution < 1.29 is 13.9 Å². The van der Waals surface area contributed by atoms with Gasteiger partial charge in [-0.05, 0) is 35.9 Å². The van der Waals surface area contributed by atoms with Gasteiger partial charge in [0, 0.05) is 12.4 Å². The van der Waals surface area contributed by atoms with E-state index in [1.807, 2.05) is 0 Å². The van der Waals surface area contributed by atoms with E-state index in [1.54, 1.807) is 42.7 Å². The molecule has 0 aliphatic heterocycles. The molecule has 4 aromatic rings. The predicted octanol–water partition coefficient (Wildman–Crippen LogP) is 5.52. The lowest BCUT2D eigenvalue weighted by Gasteiger charge is -2.08. The van der Waals surface area contributed by atoms with E-state index in [2.05, 4.69) is 15.5 Å².